The van der Waals surface area contributed by atoms with Crippen molar-refractivity contribution >= 4 is 5.82 Å². The summed E-state index contributed by atoms with van der Waals surface area (Å²) >= 11 is 0. The summed E-state index contributed by atoms with van der Waals surface area (Å²) < 4.78 is 38.9. The normalized spacial score (nSPS) is 11.8. The maximum absolute atomic E-state index is 12.4. The third-order valence-corrected chi connectivity index (χ3v) is 2.67. The Balaban J connectivity index is 2.40. The highest BCUT2D eigenvalue weighted by atomic mass is 19.4. The number of hydrogen-bond donors (Lipinski definition) is 1. The summed E-state index contributed by atoms with van der Waals surface area (Å²) in [6.07, 6.45) is -4.30. The fourth-order valence-corrected chi connectivity index (χ4v) is 1.65. The van der Waals surface area contributed by atoms with Crippen LogP contribution in [0.5, 0.6) is 0 Å². The van der Waals surface area contributed by atoms with Crippen LogP contribution in [0.3, 0.4) is 0 Å². The van der Waals surface area contributed by atoms with Gasteiger partial charge < -0.3 is 10.3 Å². The van der Waals surface area contributed by atoms with Gasteiger partial charge in [0.1, 0.15) is 5.82 Å². The number of nitrogens with zero attached hydrogens (tertiary/aromatic N) is 1. The summed E-state index contributed by atoms with van der Waals surface area (Å²) in [6.45, 7) is 0. The molecule has 0 radical (unpaired) electrons. The van der Waals surface area contributed by atoms with Crippen molar-refractivity contribution in [2.24, 2.45) is 7.05 Å². The first-order valence-corrected chi connectivity index (χ1v) is 4.98. The topological polar surface area (TPSA) is 30.9 Å². The van der Waals surface area contributed by atoms with Crippen molar-refractivity contribution in [1.29, 1.82) is 0 Å². The van der Waals surface area contributed by atoms with Gasteiger partial charge in [-0.15, -0.1) is 0 Å². The van der Waals surface area contributed by atoms with E-state index < -0.39 is 11.7 Å². The van der Waals surface area contributed by atoms with Crippen LogP contribution >= 0.6 is 0 Å². The fourth-order valence-electron chi connectivity index (χ4n) is 1.65. The largest absolute Gasteiger partial charge is 0.416 e. The quantitative estimate of drug-likeness (QED) is 0.814. The minimum atomic E-state index is -4.30. The molecule has 0 saturated carbocycles. The molecule has 0 aliphatic heterocycles. The van der Waals surface area contributed by atoms with E-state index in [2.05, 4.69) is 0 Å². The van der Waals surface area contributed by atoms with Gasteiger partial charge in [0.2, 0.25) is 0 Å². The molecule has 17 heavy (non-hydrogen) atoms. The van der Waals surface area contributed by atoms with Gasteiger partial charge in [0.25, 0.3) is 0 Å². The lowest BCUT2D eigenvalue weighted by Crippen LogP contribution is -2.04. The summed E-state index contributed by atoms with van der Waals surface area (Å²) in [5.74, 6) is 0.569. The molecule has 2 rings (SSSR count). The number of nitrogens with two attached hydrogens (primary N) is 1. The van der Waals surface area contributed by atoms with Crippen molar-refractivity contribution in [3.63, 3.8) is 0 Å². The van der Waals surface area contributed by atoms with Crippen molar-refractivity contribution in [2.75, 3.05) is 5.73 Å². The van der Waals surface area contributed by atoms with Crippen LogP contribution in [-0.4, -0.2) is 4.57 Å². The molecule has 1 aromatic carbocycles. The third-order valence-electron chi connectivity index (χ3n) is 2.67. The van der Waals surface area contributed by atoms with Crippen LogP contribution in [0.25, 0.3) is 11.3 Å². The van der Waals surface area contributed by atoms with E-state index in [1.807, 2.05) is 0 Å². The molecule has 0 fully saturated rings. The standard InChI is InChI=1S/C12H11F3N2/c1-17-10(6-7-11(17)16)8-2-4-9(5-3-8)12(13,14)15/h2-7H,16H2,1H3. The molecule has 5 heteroatoms. The van der Waals surface area contributed by atoms with Crippen LogP contribution in [-0.2, 0) is 13.2 Å². The summed E-state index contributed by atoms with van der Waals surface area (Å²) in [5.41, 5.74) is 6.50. The van der Waals surface area contributed by atoms with Crippen LogP contribution in [0.2, 0.25) is 0 Å². The number of halogens is 3. The number of alkyl halides is 3. The van der Waals surface area contributed by atoms with Gasteiger partial charge in [-0.3, -0.25) is 0 Å². The van der Waals surface area contributed by atoms with E-state index in [1.54, 1.807) is 23.7 Å². The van der Waals surface area contributed by atoms with Gasteiger partial charge in [-0.05, 0) is 29.8 Å². The molecule has 2 nitrogen and oxygen atoms in total. The summed E-state index contributed by atoms with van der Waals surface area (Å²) in [6, 6.07) is 8.51. The Morgan fingerprint density at radius 1 is 1.00 bits per heavy atom. The first-order valence-electron chi connectivity index (χ1n) is 4.98. The molecule has 2 N–H and O–H groups in total. The van der Waals surface area contributed by atoms with Crippen molar-refractivity contribution < 1.29 is 13.2 Å². The smallest absolute Gasteiger partial charge is 0.385 e. The van der Waals surface area contributed by atoms with Crippen LogP contribution in [0.1, 0.15) is 5.56 Å². The van der Waals surface area contributed by atoms with Gasteiger partial charge in [0, 0.05) is 12.7 Å². The Bertz CT molecular complexity index is 524. The highest BCUT2D eigenvalue weighted by Gasteiger charge is 2.30. The Labute approximate surface area is 96.5 Å². The molecule has 0 aliphatic rings. The zero-order valence-electron chi connectivity index (χ0n) is 9.12. The molecular formula is C12H11F3N2. The zero-order valence-corrected chi connectivity index (χ0v) is 9.12. The lowest BCUT2D eigenvalue weighted by molar-refractivity contribution is -0.137. The van der Waals surface area contributed by atoms with Crippen molar-refractivity contribution in [2.45, 2.75) is 6.18 Å². The molecule has 0 atom stereocenters. The van der Waals surface area contributed by atoms with Gasteiger partial charge in [-0.25, -0.2) is 0 Å². The number of nitrogen functional groups attached to an aromatic ring is 1. The average Bonchev–Trinajstić information content (AvgIpc) is 2.59. The van der Waals surface area contributed by atoms with Gasteiger partial charge in [-0.2, -0.15) is 13.2 Å². The number of rotatable bonds is 1. The van der Waals surface area contributed by atoms with Crippen LogP contribution in [0.4, 0.5) is 19.0 Å². The Morgan fingerprint density at radius 3 is 2.00 bits per heavy atom. The molecule has 90 valence electrons. The van der Waals surface area contributed by atoms with E-state index in [1.165, 1.54) is 12.1 Å². The summed E-state index contributed by atoms with van der Waals surface area (Å²) in [4.78, 5) is 0. The highest BCUT2D eigenvalue weighted by molar-refractivity contribution is 5.63. The fraction of sp³-hybridized carbons (Fsp3) is 0.167. The average molecular weight is 240 g/mol. The van der Waals surface area contributed by atoms with E-state index in [9.17, 15) is 13.2 Å². The predicted octanol–water partition coefficient (Wildman–Crippen LogP) is 3.29. The number of anilines is 1. The molecule has 2 aromatic rings. The Hall–Kier alpha value is -1.91. The Kier molecular flexibility index (Phi) is 2.61. The predicted molar refractivity (Wildman–Crippen MR) is 60.3 cm³/mol. The van der Waals surface area contributed by atoms with Gasteiger partial charge in [0.15, 0.2) is 0 Å². The van der Waals surface area contributed by atoms with E-state index in [4.69, 9.17) is 5.73 Å². The maximum Gasteiger partial charge on any atom is 0.416 e. The van der Waals surface area contributed by atoms with E-state index in [-0.39, 0.29) is 0 Å². The van der Waals surface area contributed by atoms with Gasteiger partial charge in [-0.1, -0.05) is 12.1 Å². The molecule has 1 heterocycles. The molecule has 1 aromatic heterocycles. The second kappa shape index (κ2) is 3.84. The van der Waals surface area contributed by atoms with Crippen molar-refractivity contribution in [3.05, 3.63) is 42.0 Å². The van der Waals surface area contributed by atoms with Gasteiger partial charge in [0.05, 0.1) is 5.56 Å². The molecule has 0 amide bonds. The van der Waals surface area contributed by atoms with E-state index in [0.29, 0.717) is 11.4 Å². The first-order chi connectivity index (χ1) is 7.89. The molecule has 0 unspecified atom stereocenters. The first kappa shape index (κ1) is 11.6. The molecular weight excluding hydrogens is 229 g/mol. The minimum Gasteiger partial charge on any atom is -0.385 e. The van der Waals surface area contributed by atoms with Gasteiger partial charge >= 0.3 is 6.18 Å². The van der Waals surface area contributed by atoms with Crippen LogP contribution < -0.4 is 5.73 Å². The summed E-state index contributed by atoms with van der Waals surface area (Å²) in [7, 11) is 1.77. The van der Waals surface area contributed by atoms with Crippen molar-refractivity contribution in [3.8, 4) is 11.3 Å². The molecule has 0 spiro atoms. The highest BCUT2D eigenvalue weighted by Crippen LogP contribution is 2.31. The zero-order chi connectivity index (χ0) is 12.6. The molecule has 0 saturated heterocycles. The second-order valence-electron chi connectivity index (χ2n) is 3.78. The van der Waals surface area contributed by atoms with Crippen LogP contribution in [0, 0.1) is 0 Å². The minimum absolute atomic E-state index is 0.569. The van der Waals surface area contributed by atoms with E-state index in [0.717, 1.165) is 17.8 Å². The number of aromatic nitrogens is 1. The van der Waals surface area contributed by atoms with Crippen molar-refractivity contribution in [1.82, 2.24) is 4.57 Å². The monoisotopic (exact) mass is 240 g/mol. The molecule has 0 aliphatic carbocycles. The third kappa shape index (κ3) is 2.13. The second-order valence-corrected chi connectivity index (χ2v) is 3.78. The molecule has 0 bridgehead atoms. The summed E-state index contributed by atoms with van der Waals surface area (Å²) in [5, 5.41) is 0. The Morgan fingerprint density at radius 2 is 1.59 bits per heavy atom. The lowest BCUT2D eigenvalue weighted by Gasteiger charge is -2.08. The SMILES string of the molecule is Cn1c(N)ccc1-c1ccc(C(F)(F)F)cc1. The number of hydrogen-bond acceptors (Lipinski definition) is 1. The van der Waals surface area contributed by atoms with E-state index >= 15 is 0 Å². The maximum atomic E-state index is 12.4. The lowest BCUT2D eigenvalue weighted by atomic mass is 10.1. The van der Waals surface area contributed by atoms with Crippen LogP contribution in [0.15, 0.2) is 36.4 Å². The number of benzene rings is 1.